The number of amides is 1. The third kappa shape index (κ3) is 5.41. The number of ether oxygens (including phenoxy) is 2. The van der Waals surface area contributed by atoms with Gasteiger partial charge in [-0.25, -0.2) is 4.98 Å². The summed E-state index contributed by atoms with van der Waals surface area (Å²) in [6.45, 7) is 4.99. The van der Waals surface area contributed by atoms with Crippen molar-refractivity contribution in [3.05, 3.63) is 12.1 Å². The quantitative estimate of drug-likeness (QED) is 0.534. The lowest BCUT2D eigenvalue weighted by atomic mass is 10.1. The second-order valence-corrected chi connectivity index (χ2v) is 7.47. The summed E-state index contributed by atoms with van der Waals surface area (Å²) in [7, 11) is 5.38. The molecule has 164 valence electrons. The van der Waals surface area contributed by atoms with Gasteiger partial charge in [0.25, 0.3) is 0 Å². The van der Waals surface area contributed by atoms with E-state index in [1.165, 1.54) is 0 Å². The average molecular weight is 417 g/mol. The highest BCUT2D eigenvalue weighted by Gasteiger charge is 2.20. The highest BCUT2D eigenvalue weighted by Crippen LogP contribution is 2.35. The number of anilines is 2. The van der Waals surface area contributed by atoms with Crippen molar-refractivity contribution in [2.24, 2.45) is 0 Å². The lowest BCUT2D eigenvalue weighted by Crippen LogP contribution is -2.37. The van der Waals surface area contributed by atoms with Crippen LogP contribution in [-0.4, -0.2) is 74.3 Å². The van der Waals surface area contributed by atoms with Crippen LogP contribution in [0, 0.1) is 0 Å². The number of nitrogens with zero attached hydrogens (tertiary/aromatic N) is 3. The molecule has 0 aliphatic carbocycles. The molecule has 1 aliphatic heterocycles. The fraction of sp³-hybridized carbons (Fsp3) is 0.571. The molecule has 2 heterocycles. The maximum Gasteiger partial charge on any atom is 0.225 e. The van der Waals surface area contributed by atoms with Gasteiger partial charge in [0.1, 0.15) is 5.82 Å². The zero-order chi connectivity index (χ0) is 21.5. The predicted octanol–water partition coefficient (Wildman–Crippen LogP) is 2.09. The topological polar surface area (TPSA) is 101 Å². The van der Waals surface area contributed by atoms with Crippen molar-refractivity contribution in [3.63, 3.8) is 0 Å². The van der Waals surface area contributed by atoms with Gasteiger partial charge in [-0.3, -0.25) is 4.79 Å². The molecule has 1 aliphatic rings. The van der Waals surface area contributed by atoms with E-state index in [4.69, 9.17) is 14.5 Å². The fourth-order valence-corrected chi connectivity index (χ4v) is 3.49. The lowest BCUT2D eigenvalue weighted by Gasteiger charge is -2.30. The molecule has 2 aromatic rings. The van der Waals surface area contributed by atoms with Crippen LogP contribution in [0.25, 0.3) is 10.9 Å². The van der Waals surface area contributed by atoms with Crippen molar-refractivity contribution in [1.29, 1.82) is 0 Å². The Bertz CT molecular complexity index is 867. The van der Waals surface area contributed by atoms with Gasteiger partial charge in [0.15, 0.2) is 11.5 Å². The Kier molecular flexibility index (Phi) is 7.51. The normalized spacial score (nSPS) is 15.1. The molecule has 0 saturated carbocycles. The van der Waals surface area contributed by atoms with Crippen LogP contribution in [0.5, 0.6) is 11.5 Å². The number of carbonyl (C=O) groups excluding carboxylic acids is 1. The monoisotopic (exact) mass is 416 g/mol. The maximum atomic E-state index is 11.4. The van der Waals surface area contributed by atoms with E-state index in [1.807, 2.05) is 19.1 Å². The molecule has 1 aromatic heterocycles. The van der Waals surface area contributed by atoms with E-state index in [9.17, 15) is 4.79 Å². The number of fused-ring (bicyclic) bond motifs is 1. The minimum atomic E-state index is 0.0256. The fourth-order valence-electron chi connectivity index (χ4n) is 3.49. The minimum Gasteiger partial charge on any atom is -0.493 e. The van der Waals surface area contributed by atoms with Gasteiger partial charge in [-0.2, -0.15) is 4.98 Å². The molecular weight excluding hydrogens is 384 g/mol. The predicted molar refractivity (Wildman–Crippen MR) is 119 cm³/mol. The number of methoxy groups -OCH3 is 2. The molecule has 0 spiro atoms. The van der Waals surface area contributed by atoms with Gasteiger partial charge in [0.05, 0.1) is 19.7 Å². The van der Waals surface area contributed by atoms with Gasteiger partial charge < -0.3 is 30.3 Å². The molecule has 1 fully saturated rings. The first-order chi connectivity index (χ1) is 14.5. The van der Waals surface area contributed by atoms with Gasteiger partial charge in [-0.15, -0.1) is 0 Å². The zero-order valence-electron chi connectivity index (χ0n) is 18.2. The molecule has 0 bridgehead atoms. The Morgan fingerprint density at radius 2 is 1.83 bits per heavy atom. The SMILES string of the molecule is CCC(=O)NCCNc1nc(NC2CCN(C)CC2)c2cc(OC)c(OC)cc2n1. The third-order valence-corrected chi connectivity index (χ3v) is 5.31. The van der Waals surface area contributed by atoms with E-state index >= 15 is 0 Å². The van der Waals surface area contributed by atoms with Crippen molar-refractivity contribution in [2.75, 3.05) is 58.1 Å². The Hall–Kier alpha value is -2.81. The largest absolute Gasteiger partial charge is 0.493 e. The summed E-state index contributed by atoms with van der Waals surface area (Å²) < 4.78 is 10.9. The van der Waals surface area contributed by atoms with Crippen LogP contribution >= 0.6 is 0 Å². The Morgan fingerprint density at radius 3 is 2.50 bits per heavy atom. The highest BCUT2D eigenvalue weighted by atomic mass is 16.5. The van der Waals surface area contributed by atoms with Crippen molar-refractivity contribution >= 4 is 28.6 Å². The molecule has 9 nitrogen and oxygen atoms in total. The van der Waals surface area contributed by atoms with Gasteiger partial charge in [-0.1, -0.05) is 6.92 Å². The number of piperidine rings is 1. The number of nitrogens with one attached hydrogen (secondary N) is 3. The molecule has 0 unspecified atom stereocenters. The van der Waals surface area contributed by atoms with E-state index in [2.05, 4.69) is 32.9 Å². The average Bonchev–Trinajstić information content (AvgIpc) is 2.77. The van der Waals surface area contributed by atoms with Crippen LogP contribution in [0.4, 0.5) is 11.8 Å². The first kappa shape index (κ1) is 21.9. The highest BCUT2D eigenvalue weighted by molar-refractivity contribution is 5.92. The molecule has 1 saturated heterocycles. The maximum absolute atomic E-state index is 11.4. The van der Waals surface area contributed by atoms with Crippen molar-refractivity contribution in [2.45, 2.75) is 32.2 Å². The van der Waals surface area contributed by atoms with Gasteiger partial charge in [0, 0.05) is 37.0 Å². The van der Waals surface area contributed by atoms with Crippen molar-refractivity contribution < 1.29 is 14.3 Å². The lowest BCUT2D eigenvalue weighted by molar-refractivity contribution is -0.120. The summed E-state index contributed by atoms with van der Waals surface area (Å²) >= 11 is 0. The smallest absolute Gasteiger partial charge is 0.225 e. The number of aromatic nitrogens is 2. The zero-order valence-corrected chi connectivity index (χ0v) is 18.2. The van der Waals surface area contributed by atoms with E-state index in [-0.39, 0.29) is 5.91 Å². The summed E-state index contributed by atoms with van der Waals surface area (Å²) in [5.41, 5.74) is 0.762. The summed E-state index contributed by atoms with van der Waals surface area (Å²) in [6, 6.07) is 4.13. The first-order valence-electron chi connectivity index (χ1n) is 10.4. The second-order valence-electron chi connectivity index (χ2n) is 7.47. The molecule has 0 radical (unpaired) electrons. The van der Waals surface area contributed by atoms with E-state index in [0.29, 0.717) is 43.0 Å². The Labute approximate surface area is 177 Å². The summed E-state index contributed by atoms with van der Waals surface area (Å²) in [5, 5.41) is 10.5. The minimum absolute atomic E-state index is 0.0256. The van der Waals surface area contributed by atoms with E-state index in [0.717, 1.165) is 42.7 Å². The molecule has 9 heteroatoms. The third-order valence-electron chi connectivity index (χ3n) is 5.31. The molecule has 30 heavy (non-hydrogen) atoms. The van der Waals surface area contributed by atoms with Crippen LogP contribution in [0.15, 0.2) is 12.1 Å². The molecule has 1 aromatic carbocycles. The number of hydrogen-bond acceptors (Lipinski definition) is 8. The van der Waals surface area contributed by atoms with Gasteiger partial charge in [-0.05, 0) is 39.0 Å². The first-order valence-corrected chi connectivity index (χ1v) is 10.4. The molecule has 0 atom stereocenters. The standard InChI is InChI=1S/C21H32N6O3/c1-5-19(28)22-8-9-23-21-25-16-13-18(30-4)17(29-3)12-15(16)20(26-21)24-14-6-10-27(2)11-7-14/h12-14H,5-11H2,1-4H3,(H,22,28)(H2,23,24,25,26). The molecular formula is C21H32N6O3. The summed E-state index contributed by atoms with van der Waals surface area (Å²) in [5.74, 6) is 2.57. The van der Waals surface area contributed by atoms with E-state index < -0.39 is 0 Å². The van der Waals surface area contributed by atoms with Crippen molar-refractivity contribution in [3.8, 4) is 11.5 Å². The summed E-state index contributed by atoms with van der Waals surface area (Å²) in [6.07, 6.45) is 2.58. The Balaban J connectivity index is 1.86. The number of rotatable bonds is 9. The number of carbonyl (C=O) groups is 1. The van der Waals surface area contributed by atoms with Crippen LogP contribution in [-0.2, 0) is 4.79 Å². The van der Waals surface area contributed by atoms with Gasteiger partial charge in [0.2, 0.25) is 11.9 Å². The number of benzene rings is 1. The molecule has 3 N–H and O–H groups in total. The molecule has 3 rings (SSSR count). The number of hydrogen-bond donors (Lipinski definition) is 3. The van der Waals surface area contributed by atoms with Gasteiger partial charge >= 0.3 is 0 Å². The summed E-state index contributed by atoms with van der Waals surface area (Å²) in [4.78, 5) is 23.1. The van der Waals surface area contributed by atoms with Crippen molar-refractivity contribution in [1.82, 2.24) is 20.2 Å². The second kappa shape index (κ2) is 10.3. The number of likely N-dealkylation sites (tertiary alicyclic amines) is 1. The Morgan fingerprint density at radius 1 is 1.13 bits per heavy atom. The van der Waals surface area contributed by atoms with Crippen LogP contribution in [0.2, 0.25) is 0 Å². The molecule has 1 amide bonds. The van der Waals surface area contributed by atoms with Crippen LogP contribution in [0.3, 0.4) is 0 Å². The van der Waals surface area contributed by atoms with E-state index in [1.54, 1.807) is 14.2 Å². The van der Waals surface area contributed by atoms with Crippen LogP contribution < -0.4 is 25.4 Å². The van der Waals surface area contributed by atoms with Crippen LogP contribution in [0.1, 0.15) is 26.2 Å².